The van der Waals surface area contributed by atoms with Gasteiger partial charge in [-0.1, -0.05) is 20.8 Å². The van der Waals surface area contributed by atoms with E-state index >= 15 is 0 Å². The smallest absolute Gasteiger partial charge is 0.305 e. The summed E-state index contributed by atoms with van der Waals surface area (Å²) >= 11 is 0. The van der Waals surface area contributed by atoms with E-state index in [9.17, 15) is 14.7 Å². The van der Waals surface area contributed by atoms with E-state index in [0.717, 1.165) is 57.8 Å². The van der Waals surface area contributed by atoms with Crippen molar-refractivity contribution in [2.75, 3.05) is 6.61 Å². The molecule has 1 N–H and O–H groups in total. The number of esters is 1. The third-order valence-corrected chi connectivity index (χ3v) is 10.6. The summed E-state index contributed by atoms with van der Waals surface area (Å²) in [5, 5.41) is 11.7. The van der Waals surface area contributed by atoms with Gasteiger partial charge in [0.2, 0.25) is 0 Å². The monoisotopic (exact) mass is 418 g/mol. The molecule has 1 aliphatic heterocycles. The lowest BCUT2D eigenvalue weighted by molar-refractivity contribution is -0.158. The minimum atomic E-state index is -0.654. The summed E-state index contributed by atoms with van der Waals surface area (Å²) in [5.74, 6) is 1.95. The van der Waals surface area contributed by atoms with Gasteiger partial charge in [0.1, 0.15) is 11.7 Å². The Balaban J connectivity index is 1.31. The molecule has 0 aromatic carbocycles. The first-order chi connectivity index (χ1) is 14.2. The Morgan fingerprint density at radius 3 is 2.60 bits per heavy atom. The van der Waals surface area contributed by atoms with E-state index in [1.165, 1.54) is 0 Å². The van der Waals surface area contributed by atoms with Crippen LogP contribution in [0.2, 0.25) is 0 Å². The molecule has 4 saturated carbocycles. The number of hydrogen-bond acceptors (Lipinski definition) is 5. The number of ether oxygens (including phenoxy) is 2. The predicted molar refractivity (Wildman–Crippen MR) is 112 cm³/mol. The van der Waals surface area contributed by atoms with E-state index in [1.54, 1.807) is 0 Å². The van der Waals surface area contributed by atoms with Crippen LogP contribution in [-0.2, 0) is 19.1 Å². The molecule has 0 amide bonds. The van der Waals surface area contributed by atoms with Crippen LogP contribution in [0, 0.1) is 28.6 Å². The lowest BCUT2D eigenvalue weighted by Crippen LogP contribution is -2.59. The number of fused-ring (bicyclic) bond motifs is 4. The van der Waals surface area contributed by atoms with Crippen LogP contribution in [0.15, 0.2) is 0 Å². The second-order valence-corrected chi connectivity index (χ2v) is 11.4. The van der Waals surface area contributed by atoms with Crippen LogP contribution < -0.4 is 0 Å². The molecule has 0 aromatic rings. The van der Waals surface area contributed by atoms with Crippen molar-refractivity contribution in [3.8, 4) is 0 Å². The molecular formula is C25H38O5. The molecule has 0 aromatic heterocycles. The van der Waals surface area contributed by atoms with Crippen LogP contribution in [0.3, 0.4) is 0 Å². The fraction of sp³-hybridized carbons (Fsp3) is 0.920. The summed E-state index contributed by atoms with van der Waals surface area (Å²) in [5.41, 5.74) is -0.767. The van der Waals surface area contributed by atoms with Gasteiger partial charge in [-0.15, -0.1) is 0 Å². The van der Waals surface area contributed by atoms with Crippen molar-refractivity contribution in [1.82, 2.24) is 0 Å². The van der Waals surface area contributed by atoms with Gasteiger partial charge in [-0.2, -0.15) is 0 Å². The molecule has 0 radical (unpaired) electrons. The Labute approximate surface area is 180 Å². The molecule has 30 heavy (non-hydrogen) atoms. The first-order valence-corrected chi connectivity index (χ1v) is 12.3. The van der Waals surface area contributed by atoms with Crippen LogP contribution >= 0.6 is 0 Å². The summed E-state index contributed by atoms with van der Waals surface area (Å²) in [6, 6.07) is 0. The molecule has 5 rings (SSSR count). The van der Waals surface area contributed by atoms with Gasteiger partial charge < -0.3 is 14.6 Å². The average molecular weight is 419 g/mol. The second-order valence-electron chi connectivity index (χ2n) is 11.4. The van der Waals surface area contributed by atoms with E-state index in [0.29, 0.717) is 43.0 Å². The van der Waals surface area contributed by atoms with Gasteiger partial charge >= 0.3 is 5.97 Å². The number of aliphatic hydroxyl groups is 1. The highest BCUT2D eigenvalue weighted by molar-refractivity contribution is 5.88. The molecule has 1 spiro atoms. The molecule has 168 valence electrons. The molecule has 4 aliphatic carbocycles. The molecule has 0 bridgehead atoms. The van der Waals surface area contributed by atoms with Crippen LogP contribution in [0.4, 0.5) is 0 Å². The average Bonchev–Trinajstić information content (AvgIpc) is 3.42. The first kappa shape index (κ1) is 20.9. The molecule has 5 nitrogen and oxygen atoms in total. The summed E-state index contributed by atoms with van der Waals surface area (Å²) in [7, 11) is 0. The molecule has 5 fully saturated rings. The number of epoxide rings is 1. The van der Waals surface area contributed by atoms with Gasteiger partial charge in [-0.25, -0.2) is 0 Å². The van der Waals surface area contributed by atoms with E-state index in [1.807, 2.05) is 6.92 Å². The largest absolute Gasteiger partial charge is 0.466 e. The van der Waals surface area contributed by atoms with Crippen molar-refractivity contribution in [2.24, 2.45) is 28.6 Å². The predicted octanol–water partition coefficient (Wildman–Crippen LogP) is 4.19. The van der Waals surface area contributed by atoms with Gasteiger partial charge in [0.15, 0.2) is 5.78 Å². The fourth-order valence-electron chi connectivity index (χ4n) is 8.67. The number of carbonyl (C=O) groups is 2. The SMILES string of the molecule is CCC(=O)OCCC[C@]1(O)CC[C@H]2[C@@H]3CC[C@]45OC4C(=O)CC[C@]5(C)[C@H]3CC[C@@]21C. The van der Waals surface area contributed by atoms with Crippen molar-refractivity contribution in [2.45, 2.75) is 109 Å². The second kappa shape index (κ2) is 6.78. The summed E-state index contributed by atoms with van der Waals surface area (Å²) in [4.78, 5) is 23.7. The molecule has 5 aliphatic rings. The lowest BCUT2D eigenvalue weighted by Gasteiger charge is -2.60. The number of carbonyl (C=O) groups excluding carboxylic acids is 2. The highest BCUT2D eigenvalue weighted by atomic mass is 16.6. The maximum absolute atomic E-state index is 12.3. The molecule has 5 heteroatoms. The number of hydrogen-bond donors (Lipinski definition) is 1. The third-order valence-electron chi connectivity index (χ3n) is 10.6. The van der Waals surface area contributed by atoms with Gasteiger partial charge in [0.05, 0.1) is 12.2 Å². The maximum Gasteiger partial charge on any atom is 0.305 e. The highest BCUT2D eigenvalue weighted by Gasteiger charge is 2.77. The van der Waals surface area contributed by atoms with Crippen LogP contribution in [0.25, 0.3) is 0 Å². The molecule has 1 heterocycles. The van der Waals surface area contributed by atoms with Gasteiger partial charge in [-0.05, 0) is 81.0 Å². The van der Waals surface area contributed by atoms with Gasteiger partial charge in [-0.3, -0.25) is 9.59 Å². The van der Waals surface area contributed by atoms with E-state index in [4.69, 9.17) is 9.47 Å². The van der Waals surface area contributed by atoms with Crippen molar-refractivity contribution < 1.29 is 24.2 Å². The third kappa shape index (κ3) is 2.60. The minimum Gasteiger partial charge on any atom is -0.466 e. The minimum absolute atomic E-state index is 0.0574. The number of ketones is 1. The zero-order valence-electron chi connectivity index (χ0n) is 18.9. The van der Waals surface area contributed by atoms with E-state index < -0.39 is 5.60 Å². The summed E-state index contributed by atoms with van der Waals surface area (Å²) in [6.07, 6.45) is 9.66. The molecular weight excluding hydrogens is 380 g/mol. The lowest BCUT2D eigenvalue weighted by atomic mass is 9.44. The Morgan fingerprint density at radius 1 is 1.10 bits per heavy atom. The topological polar surface area (TPSA) is 76.1 Å². The van der Waals surface area contributed by atoms with Crippen molar-refractivity contribution in [3.63, 3.8) is 0 Å². The Morgan fingerprint density at radius 2 is 1.83 bits per heavy atom. The number of Topliss-reactive ketones (excluding diaryl/α,β-unsaturated/α-hetero) is 1. The van der Waals surface area contributed by atoms with Crippen molar-refractivity contribution >= 4 is 11.8 Å². The summed E-state index contributed by atoms with van der Waals surface area (Å²) < 4.78 is 11.4. The Kier molecular flexibility index (Phi) is 4.73. The van der Waals surface area contributed by atoms with Crippen LogP contribution in [0.5, 0.6) is 0 Å². The quantitative estimate of drug-likeness (QED) is 0.411. The molecule has 1 unspecified atom stereocenters. The van der Waals surface area contributed by atoms with Gasteiger partial charge in [0.25, 0.3) is 0 Å². The molecule has 8 atom stereocenters. The van der Waals surface area contributed by atoms with Gasteiger partial charge in [0, 0.05) is 18.3 Å². The standard InChI is InChI=1S/C25H38O5/c1-4-20(27)29-15-5-10-24(28)13-8-17-16-6-14-25-21(30-25)19(26)9-12-23(25,3)18(16)7-11-22(17,24)2/h16-18,21,28H,4-15H2,1-3H3/t16-,17-,18-,21?,22-,23+,24-,25-/m0/s1. The number of rotatable bonds is 5. The zero-order valence-corrected chi connectivity index (χ0v) is 18.9. The zero-order chi connectivity index (χ0) is 21.4. The van der Waals surface area contributed by atoms with E-state index in [2.05, 4.69) is 13.8 Å². The normalized spacial score (nSPS) is 51.4. The summed E-state index contributed by atoms with van der Waals surface area (Å²) in [6.45, 7) is 6.95. The molecule has 1 saturated heterocycles. The highest BCUT2D eigenvalue weighted by Crippen LogP contribution is 2.73. The van der Waals surface area contributed by atoms with Crippen LogP contribution in [0.1, 0.15) is 91.4 Å². The van der Waals surface area contributed by atoms with Crippen molar-refractivity contribution in [3.05, 3.63) is 0 Å². The Bertz CT molecular complexity index is 750. The Hall–Kier alpha value is -0.940. The maximum atomic E-state index is 12.3. The van der Waals surface area contributed by atoms with Crippen LogP contribution in [-0.4, -0.2) is 40.8 Å². The fourth-order valence-corrected chi connectivity index (χ4v) is 8.67. The van der Waals surface area contributed by atoms with E-state index in [-0.39, 0.29) is 28.5 Å². The first-order valence-electron chi connectivity index (χ1n) is 12.3. The van der Waals surface area contributed by atoms with Crippen molar-refractivity contribution in [1.29, 1.82) is 0 Å².